The van der Waals surface area contributed by atoms with Crippen LogP contribution in [-0.4, -0.2) is 23.5 Å². The number of alkyl halides is 4. The number of amides is 1. The summed E-state index contributed by atoms with van der Waals surface area (Å²) in [5, 5.41) is 3.82. The molecule has 1 N–H and O–H groups in total. The lowest BCUT2D eigenvalue weighted by atomic mass is 9.80. The van der Waals surface area contributed by atoms with Crippen LogP contribution in [-0.2, 0) is 4.79 Å². The van der Waals surface area contributed by atoms with Gasteiger partial charge in [-0.2, -0.15) is 13.2 Å². The van der Waals surface area contributed by atoms with E-state index in [1.807, 2.05) is 0 Å². The van der Waals surface area contributed by atoms with Gasteiger partial charge in [-0.1, -0.05) is 36.7 Å². The minimum Gasteiger partial charge on any atom is -0.353 e. The van der Waals surface area contributed by atoms with E-state index in [1.54, 1.807) is 0 Å². The summed E-state index contributed by atoms with van der Waals surface area (Å²) in [5.74, 6) is -1.59. The summed E-state index contributed by atoms with van der Waals surface area (Å²) in [6.45, 7) is 6.17. The van der Waals surface area contributed by atoms with Crippen molar-refractivity contribution in [1.29, 1.82) is 0 Å². The summed E-state index contributed by atoms with van der Waals surface area (Å²) in [6.07, 6.45) is -2.50. The second-order valence-electron chi connectivity index (χ2n) is 7.00. The van der Waals surface area contributed by atoms with E-state index in [2.05, 4.69) is 42.0 Å². The van der Waals surface area contributed by atoms with Crippen molar-refractivity contribution in [2.24, 2.45) is 17.3 Å². The molecule has 0 spiro atoms. The van der Waals surface area contributed by atoms with Crippen LogP contribution < -0.4 is 5.32 Å². The van der Waals surface area contributed by atoms with Gasteiger partial charge in [0.2, 0.25) is 5.91 Å². The predicted molar refractivity (Wildman–Crippen MR) is 81.3 cm³/mol. The van der Waals surface area contributed by atoms with Gasteiger partial charge < -0.3 is 5.32 Å². The van der Waals surface area contributed by atoms with E-state index in [0.717, 1.165) is 11.8 Å². The SMILES string of the molecule is CC(C)(C)C(CCBr)NC(=O)C1CCC(C(F)(F)F)CC1. The van der Waals surface area contributed by atoms with Gasteiger partial charge in [-0.25, -0.2) is 0 Å². The zero-order valence-electron chi connectivity index (χ0n) is 12.9. The first-order valence-corrected chi connectivity index (χ1v) is 8.61. The fourth-order valence-corrected chi connectivity index (χ4v) is 3.26. The van der Waals surface area contributed by atoms with Gasteiger partial charge in [0, 0.05) is 17.3 Å². The molecule has 6 heteroatoms. The molecule has 0 saturated heterocycles. The van der Waals surface area contributed by atoms with E-state index in [-0.39, 0.29) is 36.1 Å². The fourth-order valence-electron chi connectivity index (χ4n) is 2.80. The highest BCUT2D eigenvalue weighted by atomic mass is 79.9. The third kappa shape index (κ3) is 5.80. The lowest BCUT2D eigenvalue weighted by molar-refractivity contribution is -0.184. The zero-order valence-corrected chi connectivity index (χ0v) is 14.5. The van der Waals surface area contributed by atoms with Crippen LogP contribution in [0.4, 0.5) is 13.2 Å². The van der Waals surface area contributed by atoms with Crippen LogP contribution in [0.1, 0.15) is 52.9 Å². The molecule has 1 unspecified atom stereocenters. The van der Waals surface area contributed by atoms with Crippen molar-refractivity contribution in [3.63, 3.8) is 0 Å². The Hall–Kier alpha value is -0.260. The second kappa shape index (κ2) is 7.34. The van der Waals surface area contributed by atoms with Crippen LogP contribution in [0, 0.1) is 17.3 Å². The second-order valence-corrected chi connectivity index (χ2v) is 7.79. The van der Waals surface area contributed by atoms with Gasteiger partial charge in [0.25, 0.3) is 0 Å². The number of hydrogen-bond donors (Lipinski definition) is 1. The fraction of sp³-hybridized carbons (Fsp3) is 0.933. The van der Waals surface area contributed by atoms with Crippen LogP contribution in [0.5, 0.6) is 0 Å². The molecule has 0 aromatic carbocycles. The van der Waals surface area contributed by atoms with Gasteiger partial charge >= 0.3 is 6.18 Å². The standard InChI is InChI=1S/C15H25BrF3NO/c1-14(2,3)12(8-9-16)20-13(21)10-4-6-11(7-5-10)15(17,18)19/h10-12H,4-9H2,1-3H3,(H,20,21). The van der Waals surface area contributed by atoms with Crippen LogP contribution >= 0.6 is 15.9 Å². The molecule has 1 atom stereocenters. The molecule has 0 bridgehead atoms. The van der Waals surface area contributed by atoms with Crippen molar-refractivity contribution in [1.82, 2.24) is 5.32 Å². The van der Waals surface area contributed by atoms with Crippen LogP contribution in [0.3, 0.4) is 0 Å². The summed E-state index contributed by atoms with van der Waals surface area (Å²) in [6, 6.07) is 0.0321. The molecule has 1 amide bonds. The minimum absolute atomic E-state index is 0.0321. The highest BCUT2D eigenvalue weighted by molar-refractivity contribution is 9.09. The van der Waals surface area contributed by atoms with E-state index in [1.165, 1.54) is 0 Å². The van der Waals surface area contributed by atoms with Crippen LogP contribution in [0.25, 0.3) is 0 Å². The number of halogens is 4. The average Bonchev–Trinajstić information content (AvgIpc) is 2.36. The topological polar surface area (TPSA) is 29.1 Å². The molecule has 1 aliphatic rings. The van der Waals surface area contributed by atoms with Gasteiger partial charge in [-0.05, 0) is 37.5 Å². The molecule has 1 rings (SSSR count). The Morgan fingerprint density at radius 3 is 2.10 bits per heavy atom. The Morgan fingerprint density at radius 2 is 1.71 bits per heavy atom. The number of hydrogen-bond acceptors (Lipinski definition) is 1. The average molecular weight is 372 g/mol. The number of carbonyl (C=O) groups is 1. The first-order chi connectivity index (χ1) is 9.55. The van der Waals surface area contributed by atoms with E-state index in [4.69, 9.17) is 0 Å². The molecule has 1 saturated carbocycles. The van der Waals surface area contributed by atoms with Crippen LogP contribution in [0.15, 0.2) is 0 Å². The molecule has 0 aliphatic heterocycles. The normalized spacial score (nSPS) is 25.5. The largest absolute Gasteiger partial charge is 0.391 e. The van der Waals surface area contributed by atoms with Crippen LogP contribution in [0.2, 0.25) is 0 Å². The lowest BCUT2D eigenvalue weighted by Gasteiger charge is -2.34. The summed E-state index contributed by atoms with van der Waals surface area (Å²) < 4.78 is 37.9. The molecule has 0 aromatic rings. The Morgan fingerprint density at radius 1 is 1.19 bits per heavy atom. The quantitative estimate of drug-likeness (QED) is 0.714. The van der Waals surface area contributed by atoms with Gasteiger partial charge in [0.05, 0.1) is 5.92 Å². The monoisotopic (exact) mass is 371 g/mol. The highest BCUT2D eigenvalue weighted by Gasteiger charge is 2.42. The minimum atomic E-state index is -4.12. The first-order valence-electron chi connectivity index (χ1n) is 7.48. The summed E-state index contributed by atoms with van der Waals surface area (Å²) in [7, 11) is 0. The molecular weight excluding hydrogens is 347 g/mol. The van der Waals surface area contributed by atoms with E-state index in [0.29, 0.717) is 12.8 Å². The van der Waals surface area contributed by atoms with Crippen molar-refractivity contribution in [2.45, 2.75) is 65.1 Å². The molecule has 2 nitrogen and oxygen atoms in total. The molecule has 1 aliphatic carbocycles. The molecule has 1 fully saturated rings. The lowest BCUT2D eigenvalue weighted by Crippen LogP contribution is -2.47. The van der Waals surface area contributed by atoms with Crippen molar-refractivity contribution in [3.05, 3.63) is 0 Å². The summed E-state index contributed by atoms with van der Waals surface area (Å²) in [5.41, 5.74) is -0.0629. The molecule has 21 heavy (non-hydrogen) atoms. The molecular formula is C15H25BrF3NO. The van der Waals surface area contributed by atoms with Crippen molar-refractivity contribution in [3.8, 4) is 0 Å². The Balaban J connectivity index is 2.54. The van der Waals surface area contributed by atoms with E-state index < -0.39 is 12.1 Å². The zero-order chi connectivity index (χ0) is 16.3. The maximum absolute atomic E-state index is 12.6. The molecule has 0 radical (unpaired) electrons. The number of carbonyl (C=O) groups excluding carboxylic acids is 1. The molecule has 0 aromatic heterocycles. The van der Waals surface area contributed by atoms with Gasteiger partial charge in [0.15, 0.2) is 0 Å². The summed E-state index contributed by atoms with van der Waals surface area (Å²) >= 11 is 3.38. The number of nitrogens with one attached hydrogen (secondary N) is 1. The smallest absolute Gasteiger partial charge is 0.353 e. The first kappa shape index (κ1) is 18.8. The van der Waals surface area contributed by atoms with Gasteiger partial charge in [0.1, 0.15) is 0 Å². The van der Waals surface area contributed by atoms with Crippen molar-refractivity contribution >= 4 is 21.8 Å². The Kier molecular flexibility index (Phi) is 6.56. The van der Waals surface area contributed by atoms with Gasteiger partial charge in [-0.3, -0.25) is 4.79 Å². The van der Waals surface area contributed by atoms with Gasteiger partial charge in [-0.15, -0.1) is 0 Å². The molecule has 0 heterocycles. The maximum atomic E-state index is 12.6. The maximum Gasteiger partial charge on any atom is 0.391 e. The number of rotatable bonds is 4. The highest BCUT2D eigenvalue weighted by Crippen LogP contribution is 2.39. The van der Waals surface area contributed by atoms with Crippen molar-refractivity contribution < 1.29 is 18.0 Å². The Bertz CT molecular complexity index is 344. The third-order valence-corrected chi connectivity index (χ3v) is 4.78. The van der Waals surface area contributed by atoms with E-state index in [9.17, 15) is 18.0 Å². The third-order valence-electron chi connectivity index (χ3n) is 4.32. The summed E-state index contributed by atoms with van der Waals surface area (Å²) in [4.78, 5) is 12.3. The van der Waals surface area contributed by atoms with E-state index >= 15 is 0 Å². The Labute approximate surface area is 133 Å². The molecule has 124 valence electrons. The predicted octanol–water partition coefficient (Wildman–Crippen LogP) is 4.67. The van der Waals surface area contributed by atoms with Crippen molar-refractivity contribution in [2.75, 3.05) is 5.33 Å².